The summed E-state index contributed by atoms with van der Waals surface area (Å²) < 4.78 is 0. The van der Waals surface area contributed by atoms with Crippen LogP contribution in [-0.2, 0) is 0 Å². The van der Waals surface area contributed by atoms with E-state index in [0.29, 0.717) is 11.1 Å². The highest BCUT2D eigenvalue weighted by molar-refractivity contribution is 7.98. The first-order valence-corrected chi connectivity index (χ1v) is 6.97. The minimum atomic E-state index is -0.239. The molecule has 0 bridgehead atoms. The number of fused-ring (bicyclic) bond motifs is 2. The Morgan fingerprint density at radius 1 is 1.11 bits per heavy atom. The number of carbonyl (C=O) groups is 2. The van der Waals surface area contributed by atoms with Crippen LogP contribution in [0.4, 0.5) is 0 Å². The van der Waals surface area contributed by atoms with E-state index in [4.69, 9.17) is 0 Å². The van der Waals surface area contributed by atoms with Crippen LogP contribution in [0.3, 0.4) is 0 Å². The van der Waals surface area contributed by atoms with Gasteiger partial charge in [0.2, 0.25) is 11.6 Å². The maximum atomic E-state index is 12.5. The van der Waals surface area contributed by atoms with E-state index in [0.717, 1.165) is 16.0 Å². The van der Waals surface area contributed by atoms with E-state index in [2.05, 4.69) is 15.4 Å². The highest BCUT2D eigenvalue weighted by Gasteiger charge is 2.36. The largest absolute Gasteiger partial charge is 0.287 e. The lowest BCUT2D eigenvalue weighted by Gasteiger charge is -2.18. The molecule has 1 N–H and O–H groups in total. The first-order chi connectivity index (χ1) is 9.06. The van der Waals surface area contributed by atoms with Crippen molar-refractivity contribution in [1.29, 1.82) is 0 Å². The Balaban J connectivity index is 2.40. The van der Waals surface area contributed by atoms with Gasteiger partial charge < -0.3 is 0 Å². The molecule has 1 aromatic carbocycles. The van der Waals surface area contributed by atoms with Crippen LogP contribution in [0.15, 0.2) is 11.0 Å². The zero-order valence-corrected chi connectivity index (χ0v) is 11.5. The first kappa shape index (κ1) is 12.1. The molecule has 1 heterocycles. The van der Waals surface area contributed by atoms with E-state index in [1.807, 2.05) is 20.1 Å². The molecule has 0 fully saturated rings. The van der Waals surface area contributed by atoms with Gasteiger partial charge in [-0.15, -0.1) is 11.8 Å². The molecule has 0 atom stereocenters. The predicted octanol–water partition coefficient (Wildman–Crippen LogP) is 1.92. The molecule has 19 heavy (non-hydrogen) atoms. The van der Waals surface area contributed by atoms with Crippen molar-refractivity contribution in [2.24, 2.45) is 0 Å². The summed E-state index contributed by atoms with van der Waals surface area (Å²) in [6.45, 7) is 3.89. The number of carbonyl (C=O) groups excluding carboxylic acids is 2. The molecule has 3 rings (SSSR count). The summed E-state index contributed by atoms with van der Waals surface area (Å²) in [6, 6.07) is 1.77. The number of aromatic nitrogens is 3. The molecule has 0 spiro atoms. The number of aryl methyl sites for hydroxylation is 1. The second-order valence-electron chi connectivity index (χ2n) is 4.45. The van der Waals surface area contributed by atoms with E-state index in [-0.39, 0.29) is 23.0 Å². The van der Waals surface area contributed by atoms with Crippen LogP contribution in [0.25, 0.3) is 0 Å². The Hall–Kier alpha value is -1.95. The molecule has 0 aliphatic heterocycles. The number of ketones is 2. The van der Waals surface area contributed by atoms with Crippen LogP contribution in [0, 0.1) is 13.8 Å². The van der Waals surface area contributed by atoms with Gasteiger partial charge in [0.15, 0.2) is 11.4 Å². The highest BCUT2D eigenvalue weighted by Crippen LogP contribution is 2.35. The third kappa shape index (κ3) is 1.49. The summed E-state index contributed by atoms with van der Waals surface area (Å²) in [7, 11) is 0. The Labute approximate surface area is 113 Å². The lowest BCUT2D eigenvalue weighted by Crippen LogP contribution is -2.22. The SMILES string of the molecule is CSc1c(C)c(C)cc2c1C(=O)c1n[nH]nc1C2=O. The fourth-order valence-corrected chi connectivity index (χ4v) is 3.21. The molecule has 2 aromatic rings. The molecule has 0 amide bonds. The minimum Gasteiger partial charge on any atom is -0.287 e. The van der Waals surface area contributed by atoms with Gasteiger partial charge in [0.25, 0.3) is 0 Å². The Morgan fingerprint density at radius 2 is 1.74 bits per heavy atom. The maximum Gasteiger partial charge on any atom is 0.217 e. The molecule has 0 saturated heterocycles. The Kier molecular flexibility index (Phi) is 2.56. The third-order valence-electron chi connectivity index (χ3n) is 3.44. The summed E-state index contributed by atoms with van der Waals surface area (Å²) in [5.74, 6) is -0.470. The molecule has 6 heteroatoms. The van der Waals surface area contributed by atoms with Crippen molar-refractivity contribution in [3.05, 3.63) is 39.7 Å². The van der Waals surface area contributed by atoms with Crippen molar-refractivity contribution in [2.75, 3.05) is 6.26 Å². The second-order valence-corrected chi connectivity index (χ2v) is 5.27. The standard InChI is InChI=1S/C13H11N3O2S/c1-5-4-7-8(13(19-3)6(5)2)12(18)10-9(11(7)17)14-16-15-10/h4H,1-3H3,(H,14,15,16). The van der Waals surface area contributed by atoms with E-state index >= 15 is 0 Å². The molecular formula is C13H11N3O2S. The average Bonchev–Trinajstić information content (AvgIpc) is 2.88. The van der Waals surface area contributed by atoms with Crippen molar-refractivity contribution in [2.45, 2.75) is 18.7 Å². The van der Waals surface area contributed by atoms with Crippen LogP contribution in [0.2, 0.25) is 0 Å². The van der Waals surface area contributed by atoms with E-state index < -0.39 is 0 Å². The highest BCUT2D eigenvalue weighted by atomic mass is 32.2. The molecule has 1 aliphatic carbocycles. The molecule has 1 aliphatic rings. The van der Waals surface area contributed by atoms with Crippen molar-refractivity contribution in [3.63, 3.8) is 0 Å². The Bertz CT molecular complexity index is 734. The summed E-state index contributed by atoms with van der Waals surface area (Å²) >= 11 is 1.48. The average molecular weight is 273 g/mol. The van der Waals surface area contributed by atoms with Gasteiger partial charge in [0, 0.05) is 16.0 Å². The van der Waals surface area contributed by atoms with Gasteiger partial charge in [0.1, 0.15) is 0 Å². The van der Waals surface area contributed by atoms with Gasteiger partial charge >= 0.3 is 0 Å². The number of aromatic amines is 1. The zero-order valence-electron chi connectivity index (χ0n) is 10.7. The smallest absolute Gasteiger partial charge is 0.217 e. The summed E-state index contributed by atoms with van der Waals surface area (Å²) in [5.41, 5.74) is 3.15. The second kappa shape index (κ2) is 4.03. The van der Waals surface area contributed by atoms with Gasteiger partial charge in [-0.1, -0.05) is 0 Å². The monoisotopic (exact) mass is 273 g/mol. The van der Waals surface area contributed by atoms with Crippen LogP contribution in [0.1, 0.15) is 43.2 Å². The molecule has 96 valence electrons. The zero-order chi connectivity index (χ0) is 13.7. The van der Waals surface area contributed by atoms with E-state index in [1.54, 1.807) is 6.07 Å². The topological polar surface area (TPSA) is 75.7 Å². The van der Waals surface area contributed by atoms with Crippen LogP contribution in [0.5, 0.6) is 0 Å². The number of H-pyrrole nitrogens is 1. The van der Waals surface area contributed by atoms with Gasteiger partial charge in [-0.05, 0) is 37.3 Å². The molecule has 0 saturated carbocycles. The van der Waals surface area contributed by atoms with Gasteiger partial charge in [-0.3, -0.25) is 9.59 Å². The molecule has 0 unspecified atom stereocenters. The van der Waals surface area contributed by atoms with Crippen LogP contribution < -0.4 is 0 Å². The predicted molar refractivity (Wildman–Crippen MR) is 70.9 cm³/mol. The van der Waals surface area contributed by atoms with E-state index in [1.165, 1.54) is 11.8 Å². The molecule has 0 radical (unpaired) electrons. The number of benzene rings is 1. The minimum absolute atomic E-state index is 0.118. The molecule has 5 nitrogen and oxygen atoms in total. The van der Waals surface area contributed by atoms with Gasteiger partial charge in [0.05, 0.1) is 0 Å². The maximum absolute atomic E-state index is 12.5. The fraction of sp³-hybridized carbons (Fsp3) is 0.231. The number of hydrogen-bond donors (Lipinski definition) is 1. The van der Waals surface area contributed by atoms with Crippen molar-refractivity contribution >= 4 is 23.3 Å². The number of hydrogen-bond acceptors (Lipinski definition) is 5. The number of nitrogens with zero attached hydrogens (tertiary/aromatic N) is 2. The van der Waals surface area contributed by atoms with Crippen LogP contribution >= 0.6 is 11.8 Å². The number of nitrogens with one attached hydrogen (secondary N) is 1. The molecule has 1 aromatic heterocycles. The van der Waals surface area contributed by atoms with Crippen LogP contribution in [-0.4, -0.2) is 33.2 Å². The quantitative estimate of drug-likeness (QED) is 0.685. The van der Waals surface area contributed by atoms with Crippen molar-refractivity contribution < 1.29 is 9.59 Å². The Morgan fingerprint density at radius 3 is 2.37 bits per heavy atom. The lowest BCUT2D eigenvalue weighted by atomic mass is 9.87. The fourth-order valence-electron chi connectivity index (χ4n) is 2.34. The number of thioether (sulfide) groups is 1. The summed E-state index contributed by atoms with van der Waals surface area (Å²) in [6.07, 6.45) is 1.90. The lowest BCUT2D eigenvalue weighted by molar-refractivity contribution is 0.0971. The van der Waals surface area contributed by atoms with Crippen molar-refractivity contribution in [3.8, 4) is 0 Å². The third-order valence-corrected chi connectivity index (χ3v) is 4.36. The summed E-state index contributed by atoms with van der Waals surface area (Å²) in [5, 5.41) is 9.93. The van der Waals surface area contributed by atoms with Crippen molar-refractivity contribution in [1.82, 2.24) is 15.4 Å². The summed E-state index contributed by atoms with van der Waals surface area (Å²) in [4.78, 5) is 25.7. The number of rotatable bonds is 1. The van der Waals surface area contributed by atoms with E-state index in [9.17, 15) is 9.59 Å². The van der Waals surface area contributed by atoms with Gasteiger partial charge in [-0.2, -0.15) is 15.4 Å². The molecular weight excluding hydrogens is 262 g/mol. The van der Waals surface area contributed by atoms with Gasteiger partial charge in [-0.25, -0.2) is 0 Å². The normalized spacial score (nSPS) is 13.4. The first-order valence-electron chi connectivity index (χ1n) is 5.74.